The molecule has 2 aromatic heterocycles. The smallest absolute Gasteiger partial charge is 0.381 e. The zero-order chi connectivity index (χ0) is 21.3. The second-order valence-electron chi connectivity index (χ2n) is 7.29. The van der Waals surface area contributed by atoms with Crippen molar-refractivity contribution in [2.24, 2.45) is 5.92 Å². The van der Waals surface area contributed by atoms with Crippen molar-refractivity contribution in [3.05, 3.63) is 53.3 Å². The molecule has 4 rings (SSSR count). The number of halogens is 3. The molecule has 0 unspecified atom stereocenters. The molecule has 0 spiro atoms. The lowest BCUT2D eigenvalue weighted by Gasteiger charge is -2.28. The fourth-order valence-electron chi connectivity index (χ4n) is 3.44. The number of alkyl halides is 3. The van der Waals surface area contributed by atoms with Gasteiger partial charge in [0.05, 0.1) is 22.3 Å². The molecule has 30 heavy (non-hydrogen) atoms. The van der Waals surface area contributed by atoms with Crippen molar-refractivity contribution in [2.75, 3.05) is 18.1 Å². The molecule has 0 bridgehead atoms. The molecule has 0 atom stereocenters. The summed E-state index contributed by atoms with van der Waals surface area (Å²) in [5, 5.41) is 0.393. The summed E-state index contributed by atoms with van der Waals surface area (Å²) in [5.74, 6) is -0.287. The topological polar surface area (TPSA) is 55.3 Å². The highest BCUT2D eigenvalue weighted by molar-refractivity contribution is 7.22. The number of thiazole rings is 1. The first-order valence-corrected chi connectivity index (χ1v) is 10.4. The lowest BCUT2D eigenvalue weighted by molar-refractivity contribution is -0.137. The van der Waals surface area contributed by atoms with Crippen LogP contribution in [0.4, 0.5) is 18.3 Å². The van der Waals surface area contributed by atoms with Crippen molar-refractivity contribution >= 4 is 32.6 Å². The van der Waals surface area contributed by atoms with E-state index in [9.17, 15) is 18.0 Å². The third-order valence-corrected chi connectivity index (χ3v) is 6.29. The summed E-state index contributed by atoms with van der Waals surface area (Å²) in [6, 6.07) is 5.32. The van der Waals surface area contributed by atoms with Crippen LogP contribution in [-0.2, 0) is 22.3 Å². The van der Waals surface area contributed by atoms with Crippen LogP contribution in [0.15, 0.2) is 36.7 Å². The molecule has 0 saturated carbocycles. The van der Waals surface area contributed by atoms with Crippen LogP contribution < -0.4 is 4.90 Å². The Morgan fingerprint density at radius 3 is 2.73 bits per heavy atom. The van der Waals surface area contributed by atoms with E-state index in [2.05, 4.69) is 9.97 Å². The third kappa shape index (κ3) is 4.32. The third-order valence-electron chi connectivity index (χ3n) is 5.25. The molecule has 1 aromatic carbocycles. The molecular weight excluding hydrogens is 415 g/mol. The molecule has 0 N–H and O–H groups in total. The van der Waals surface area contributed by atoms with E-state index in [1.807, 2.05) is 13.0 Å². The Kier molecular flexibility index (Phi) is 5.75. The number of ether oxygens (including phenoxy) is 1. The van der Waals surface area contributed by atoms with E-state index >= 15 is 0 Å². The number of amides is 1. The van der Waals surface area contributed by atoms with Crippen molar-refractivity contribution in [2.45, 2.75) is 32.5 Å². The molecule has 158 valence electrons. The van der Waals surface area contributed by atoms with Gasteiger partial charge in [0.25, 0.3) is 0 Å². The highest BCUT2D eigenvalue weighted by Crippen LogP contribution is 2.36. The van der Waals surface area contributed by atoms with Crippen LogP contribution in [0.3, 0.4) is 0 Å². The van der Waals surface area contributed by atoms with Gasteiger partial charge in [0.15, 0.2) is 5.13 Å². The van der Waals surface area contributed by atoms with E-state index in [-0.39, 0.29) is 18.4 Å². The standard InChI is InChI=1S/C21H20F3N3O2S/c1-13-4-7-25-11-15(13)12-27(19(28)14-5-8-29-9-6-14)20-26-17-3-2-16(21(22,23)24)10-18(17)30-20/h2-4,7,10-11,14H,5-6,8-9,12H2,1H3. The second-order valence-corrected chi connectivity index (χ2v) is 8.30. The van der Waals surface area contributed by atoms with E-state index in [0.717, 1.165) is 34.6 Å². The maximum absolute atomic E-state index is 13.4. The number of aromatic nitrogens is 2. The van der Waals surface area contributed by atoms with Crippen LogP contribution in [0.5, 0.6) is 0 Å². The molecule has 1 fully saturated rings. The minimum absolute atomic E-state index is 0.0864. The highest BCUT2D eigenvalue weighted by atomic mass is 32.1. The number of nitrogens with zero attached hydrogens (tertiary/aromatic N) is 3. The van der Waals surface area contributed by atoms with E-state index in [4.69, 9.17) is 4.74 Å². The number of carbonyl (C=O) groups is 1. The van der Waals surface area contributed by atoms with Gasteiger partial charge in [-0.2, -0.15) is 13.2 Å². The molecule has 3 heterocycles. The summed E-state index contributed by atoms with van der Waals surface area (Å²) >= 11 is 1.10. The average Bonchev–Trinajstić information content (AvgIpc) is 3.16. The minimum atomic E-state index is -4.43. The molecule has 1 aliphatic rings. The number of pyridine rings is 1. The van der Waals surface area contributed by atoms with Gasteiger partial charge in [-0.05, 0) is 55.2 Å². The predicted octanol–water partition coefficient (Wildman–Crippen LogP) is 4.98. The van der Waals surface area contributed by atoms with Crippen molar-refractivity contribution in [1.29, 1.82) is 0 Å². The lowest BCUT2D eigenvalue weighted by Crippen LogP contribution is -2.38. The monoisotopic (exact) mass is 435 g/mol. The molecule has 0 aliphatic carbocycles. The fraction of sp³-hybridized carbons (Fsp3) is 0.381. The molecular formula is C21H20F3N3O2S. The van der Waals surface area contributed by atoms with Gasteiger partial charge in [-0.25, -0.2) is 4.98 Å². The van der Waals surface area contributed by atoms with Crippen molar-refractivity contribution < 1.29 is 22.7 Å². The maximum Gasteiger partial charge on any atom is 0.416 e. The Bertz CT molecular complexity index is 1060. The quantitative estimate of drug-likeness (QED) is 0.580. The number of rotatable bonds is 4. The summed E-state index contributed by atoms with van der Waals surface area (Å²) in [6.07, 6.45) is 0.187. The first-order valence-electron chi connectivity index (χ1n) is 9.59. The lowest BCUT2D eigenvalue weighted by atomic mass is 9.98. The van der Waals surface area contributed by atoms with E-state index in [1.54, 1.807) is 17.3 Å². The summed E-state index contributed by atoms with van der Waals surface area (Å²) < 4.78 is 45.0. The predicted molar refractivity (Wildman–Crippen MR) is 108 cm³/mol. The Morgan fingerprint density at radius 1 is 1.27 bits per heavy atom. The molecule has 3 aromatic rings. The molecule has 1 saturated heterocycles. The highest BCUT2D eigenvalue weighted by Gasteiger charge is 2.32. The Hall–Kier alpha value is -2.52. The maximum atomic E-state index is 13.4. The fourth-order valence-corrected chi connectivity index (χ4v) is 4.45. The largest absolute Gasteiger partial charge is 0.416 e. The zero-order valence-corrected chi connectivity index (χ0v) is 17.1. The molecule has 5 nitrogen and oxygen atoms in total. The molecule has 0 radical (unpaired) electrons. The number of fused-ring (bicyclic) bond motifs is 1. The van der Waals surface area contributed by atoms with Crippen molar-refractivity contribution in [3.63, 3.8) is 0 Å². The van der Waals surface area contributed by atoms with E-state index < -0.39 is 11.7 Å². The SMILES string of the molecule is Cc1ccncc1CN(C(=O)C1CCOCC1)c1nc2ccc(C(F)(F)F)cc2s1. The second kappa shape index (κ2) is 8.31. The first-order chi connectivity index (χ1) is 14.3. The van der Waals surface area contributed by atoms with Gasteiger partial charge in [0.1, 0.15) is 0 Å². The summed E-state index contributed by atoms with van der Waals surface area (Å²) in [7, 11) is 0. The van der Waals surface area contributed by atoms with E-state index in [1.165, 1.54) is 6.07 Å². The summed E-state index contributed by atoms with van der Waals surface area (Å²) in [4.78, 5) is 23.6. The van der Waals surface area contributed by atoms with Gasteiger partial charge in [0, 0.05) is 31.5 Å². The van der Waals surface area contributed by atoms with Crippen LogP contribution in [0, 0.1) is 12.8 Å². The van der Waals surface area contributed by atoms with Crippen molar-refractivity contribution in [1.82, 2.24) is 9.97 Å². The van der Waals surface area contributed by atoms with Crippen LogP contribution in [0.25, 0.3) is 10.2 Å². The number of aryl methyl sites for hydroxylation is 1. The zero-order valence-electron chi connectivity index (χ0n) is 16.3. The Balaban J connectivity index is 1.72. The van der Waals surface area contributed by atoms with E-state index in [0.29, 0.717) is 41.4 Å². The van der Waals surface area contributed by atoms with Gasteiger partial charge in [-0.15, -0.1) is 0 Å². The number of benzene rings is 1. The summed E-state index contributed by atoms with van der Waals surface area (Å²) in [6.45, 7) is 3.24. The minimum Gasteiger partial charge on any atom is -0.381 e. The van der Waals surface area contributed by atoms with Crippen molar-refractivity contribution in [3.8, 4) is 0 Å². The Morgan fingerprint density at radius 2 is 2.03 bits per heavy atom. The summed E-state index contributed by atoms with van der Waals surface area (Å²) in [5.41, 5.74) is 1.56. The molecule has 9 heteroatoms. The van der Waals surface area contributed by atoms with Crippen LogP contribution in [-0.4, -0.2) is 29.1 Å². The van der Waals surface area contributed by atoms with Crippen LogP contribution in [0.2, 0.25) is 0 Å². The van der Waals surface area contributed by atoms with Gasteiger partial charge in [0.2, 0.25) is 5.91 Å². The number of anilines is 1. The molecule has 1 amide bonds. The number of carbonyl (C=O) groups excluding carboxylic acids is 1. The van der Waals surface area contributed by atoms with Gasteiger partial charge in [-0.3, -0.25) is 14.7 Å². The van der Waals surface area contributed by atoms with Gasteiger partial charge < -0.3 is 4.74 Å². The molecule has 1 aliphatic heterocycles. The van der Waals surface area contributed by atoms with Gasteiger partial charge >= 0.3 is 6.18 Å². The van der Waals surface area contributed by atoms with Gasteiger partial charge in [-0.1, -0.05) is 11.3 Å². The Labute approximate surface area is 175 Å². The number of hydrogen-bond donors (Lipinski definition) is 0. The van der Waals surface area contributed by atoms with Crippen LogP contribution >= 0.6 is 11.3 Å². The normalized spacial score (nSPS) is 15.5. The average molecular weight is 435 g/mol. The number of hydrogen-bond acceptors (Lipinski definition) is 5. The van der Waals surface area contributed by atoms with Crippen LogP contribution in [0.1, 0.15) is 29.5 Å². The first kappa shape index (κ1) is 20.7.